The van der Waals surface area contributed by atoms with Crippen LogP contribution in [-0.2, 0) is 22.6 Å². The minimum Gasteiger partial charge on any atom is -0.454 e. The lowest BCUT2D eigenvalue weighted by molar-refractivity contribution is -0.132. The molecule has 3 rings (SSSR count). The van der Waals surface area contributed by atoms with Crippen LogP contribution in [0.25, 0.3) is 0 Å². The summed E-state index contributed by atoms with van der Waals surface area (Å²) in [6, 6.07) is 7.60. The highest BCUT2D eigenvalue weighted by Gasteiger charge is 2.17. The van der Waals surface area contributed by atoms with Crippen molar-refractivity contribution < 1.29 is 18.7 Å². The molecule has 1 fully saturated rings. The highest BCUT2D eigenvalue weighted by Crippen LogP contribution is 2.15. The predicted octanol–water partition coefficient (Wildman–Crippen LogP) is 3.37. The van der Waals surface area contributed by atoms with Crippen LogP contribution in [0.5, 0.6) is 0 Å². The van der Waals surface area contributed by atoms with E-state index in [1.165, 1.54) is 0 Å². The van der Waals surface area contributed by atoms with E-state index in [0.717, 1.165) is 57.9 Å². The third kappa shape index (κ3) is 8.02. The zero-order chi connectivity index (χ0) is 24.3. The number of aromatic nitrogens is 1. The average Bonchev–Trinajstić information content (AvgIpc) is 3.46. The summed E-state index contributed by atoms with van der Waals surface area (Å²) in [6.45, 7) is 13.1. The van der Waals surface area contributed by atoms with Crippen molar-refractivity contribution in [3.63, 3.8) is 0 Å². The second kappa shape index (κ2) is 13.3. The third-order valence-corrected chi connectivity index (χ3v) is 5.96. The first-order chi connectivity index (χ1) is 16.5. The summed E-state index contributed by atoms with van der Waals surface area (Å²) in [5.74, 6) is 1.39. The maximum atomic E-state index is 12.7. The molecule has 2 aromatic rings. The fourth-order valence-corrected chi connectivity index (χ4v) is 4.15. The van der Waals surface area contributed by atoms with Crippen molar-refractivity contribution in [1.29, 1.82) is 0 Å². The highest BCUT2D eigenvalue weighted by molar-refractivity contribution is 5.91. The van der Waals surface area contributed by atoms with E-state index in [4.69, 9.17) is 9.15 Å². The molecule has 2 aromatic heterocycles. The summed E-state index contributed by atoms with van der Waals surface area (Å²) in [6.07, 6.45) is 4.37. The zero-order valence-electron chi connectivity index (χ0n) is 20.9. The van der Waals surface area contributed by atoms with Gasteiger partial charge in [0.1, 0.15) is 5.76 Å². The van der Waals surface area contributed by atoms with Crippen LogP contribution in [0, 0.1) is 5.92 Å². The van der Waals surface area contributed by atoms with Gasteiger partial charge in [0, 0.05) is 44.5 Å². The number of rotatable bonds is 13. The van der Waals surface area contributed by atoms with Crippen LogP contribution in [0.3, 0.4) is 0 Å². The summed E-state index contributed by atoms with van der Waals surface area (Å²) in [5.41, 5.74) is 1.05. The molecule has 0 aliphatic carbocycles. The van der Waals surface area contributed by atoms with Gasteiger partial charge < -0.3 is 23.9 Å². The molecular formula is C26H40N4O4. The lowest BCUT2D eigenvalue weighted by Crippen LogP contribution is -2.38. The molecule has 1 aliphatic rings. The van der Waals surface area contributed by atoms with Gasteiger partial charge in [-0.05, 0) is 49.6 Å². The molecule has 1 saturated heterocycles. The van der Waals surface area contributed by atoms with Crippen molar-refractivity contribution >= 4 is 11.8 Å². The van der Waals surface area contributed by atoms with Gasteiger partial charge in [-0.15, -0.1) is 0 Å². The Balaban J connectivity index is 1.50. The summed E-state index contributed by atoms with van der Waals surface area (Å²) in [5, 5.41) is 2.95. The number of amides is 2. The maximum Gasteiger partial charge on any atom is 0.286 e. The summed E-state index contributed by atoms with van der Waals surface area (Å²) in [7, 11) is 0. The fraction of sp³-hybridized carbons (Fsp3) is 0.615. The van der Waals surface area contributed by atoms with Gasteiger partial charge >= 0.3 is 0 Å². The van der Waals surface area contributed by atoms with Crippen LogP contribution in [0.1, 0.15) is 62.0 Å². The number of furan rings is 1. The largest absolute Gasteiger partial charge is 0.454 e. The van der Waals surface area contributed by atoms with E-state index in [-0.39, 0.29) is 11.8 Å². The van der Waals surface area contributed by atoms with Gasteiger partial charge in [-0.25, -0.2) is 0 Å². The van der Waals surface area contributed by atoms with Crippen molar-refractivity contribution in [3.05, 3.63) is 47.7 Å². The van der Waals surface area contributed by atoms with E-state index >= 15 is 0 Å². The Labute approximate surface area is 203 Å². The Morgan fingerprint density at radius 1 is 1.18 bits per heavy atom. The van der Waals surface area contributed by atoms with Gasteiger partial charge in [-0.2, -0.15) is 0 Å². The average molecular weight is 473 g/mol. The minimum atomic E-state index is -0.186. The van der Waals surface area contributed by atoms with Crippen LogP contribution in [0.2, 0.25) is 0 Å². The normalized spacial score (nSPS) is 14.5. The number of morpholine rings is 1. The number of hydrogen-bond acceptors (Lipinski definition) is 5. The SMILES string of the molecule is CCCN(Cc1cccn1Cc1ccc(C(=O)NCCCN2CCOCC2)o1)C(=O)CC(C)C. The second-order valence-electron chi connectivity index (χ2n) is 9.37. The van der Waals surface area contributed by atoms with Crippen molar-refractivity contribution in [3.8, 4) is 0 Å². The van der Waals surface area contributed by atoms with E-state index in [1.807, 2.05) is 29.3 Å². The molecule has 0 aromatic carbocycles. The van der Waals surface area contributed by atoms with Crippen molar-refractivity contribution in [2.24, 2.45) is 5.92 Å². The fourth-order valence-electron chi connectivity index (χ4n) is 4.15. The highest BCUT2D eigenvalue weighted by atomic mass is 16.5. The second-order valence-corrected chi connectivity index (χ2v) is 9.37. The monoisotopic (exact) mass is 472 g/mol. The smallest absolute Gasteiger partial charge is 0.286 e. The number of hydrogen-bond donors (Lipinski definition) is 1. The molecule has 3 heterocycles. The Hall–Kier alpha value is -2.58. The van der Waals surface area contributed by atoms with Gasteiger partial charge in [-0.1, -0.05) is 20.8 Å². The Morgan fingerprint density at radius 2 is 1.97 bits per heavy atom. The molecule has 0 unspecified atom stereocenters. The number of ether oxygens (including phenoxy) is 1. The van der Waals surface area contributed by atoms with Gasteiger partial charge in [0.2, 0.25) is 5.91 Å². The van der Waals surface area contributed by atoms with E-state index in [0.29, 0.717) is 43.5 Å². The molecule has 0 saturated carbocycles. The molecule has 0 atom stereocenters. The van der Waals surface area contributed by atoms with Crippen molar-refractivity contribution in [2.45, 2.75) is 53.1 Å². The first-order valence-corrected chi connectivity index (χ1v) is 12.5. The molecule has 34 heavy (non-hydrogen) atoms. The lowest BCUT2D eigenvalue weighted by Gasteiger charge is -2.26. The molecule has 0 bridgehead atoms. The zero-order valence-corrected chi connectivity index (χ0v) is 20.9. The number of carbonyl (C=O) groups is 2. The van der Waals surface area contributed by atoms with E-state index < -0.39 is 0 Å². The molecule has 2 amide bonds. The molecule has 8 heteroatoms. The first-order valence-electron chi connectivity index (χ1n) is 12.5. The van der Waals surface area contributed by atoms with Gasteiger partial charge in [0.15, 0.2) is 5.76 Å². The lowest BCUT2D eigenvalue weighted by atomic mass is 10.1. The third-order valence-electron chi connectivity index (χ3n) is 5.96. The van der Waals surface area contributed by atoms with Crippen LogP contribution in [0.4, 0.5) is 0 Å². The standard InChI is InChI=1S/C26H40N4O4/c1-4-11-30(25(31)18-21(2)3)19-22-7-5-13-29(22)20-23-8-9-24(34-23)26(32)27-10-6-12-28-14-16-33-17-15-28/h5,7-9,13,21H,4,6,10-12,14-20H2,1-3H3,(H,27,32). The molecule has 8 nitrogen and oxygen atoms in total. The number of nitrogens with zero attached hydrogens (tertiary/aromatic N) is 3. The van der Waals surface area contributed by atoms with Crippen LogP contribution < -0.4 is 5.32 Å². The van der Waals surface area contributed by atoms with Gasteiger partial charge in [-0.3, -0.25) is 14.5 Å². The van der Waals surface area contributed by atoms with Crippen LogP contribution >= 0.6 is 0 Å². The quantitative estimate of drug-likeness (QED) is 0.452. The minimum absolute atomic E-state index is 0.186. The Bertz CT molecular complexity index is 898. The van der Waals surface area contributed by atoms with Crippen LogP contribution in [-0.4, -0.2) is 72.1 Å². The summed E-state index contributed by atoms with van der Waals surface area (Å²) >= 11 is 0. The predicted molar refractivity (Wildman–Crippen MR) is 132 cm³/mol. The maximum absolute atomic E-state index is 12.7. The Kier molecular flexibility index (Phi) is 10.2. The van der Waals surface area contributed by atoms with E-state index in [1.54, 1.807) is 6.07 Å². The summed E-state index contributed by atoms with van der Waals surface area (Å²) in [4.78, 5) is 29.4. The molecular weight excluding hydrogens is 432 g/mol. The number of nitrogens with one attached hydrogen (secondary N) is 1. The topological polar surface area (TPSA) is 80.0 Å². The molecule has 0 spiro atoms. The van der Waals surface area contributed by atoms with E-state index in [9.17, 15) is 9.59 Å². The molecule has 0 radical (unpaired) electrons. The number of carbonyl (C=O) groups excluding carboxylic acids is 2. The molecule has 1 N–H and O–H groups in total. The molecule has 188 valence electrons. The van der Waals surface area contributed by atoms with Gasteiger partial charge in [0.25, 0.3) is 5.91 Å². The Morgan fingerprint density at radius 3 is 2.71 bits per heavy atom. The van der Waals surface area contributed by atoms with Crippen molar-refractivity contribution in [1.82, 2.24) is 19.7 Å². The molecule has 1 aliphatic heterocycles. The first kappa shape index (κ1) is 26.0. The van der Waals surface area contributed by atoms with Crippen molar-refractivity contribution in [2.75, 3.05) is 45.9 Å². The van der Waals surface area contributed by atoms with Crippen LogP contribution in [0.15, 0.2) is 34.9 Å². The van der Waals surface area contributed by atoms with Gasteiger partial charge in [0.05, 0.1) is 26.3 Å². The summed E-state index contributed by atoms with van der Waals surface area (Å²) < 4.78 is 13.3. The van der Waals surface area contributed by atoms with E-state index in [2.05, 4.69) is 35.6 Å².